The van der Waals surface area contributed by atoms with Gasteiger partial charge in [0.1, 0.15) is 11.5 Å². The van der Waals surface area contributed by atoms with Crippen LogP contribution in [0.4, 0.5) is 5.69 Å². The minimum atomic E-state index is -0.837. The van der Waals surface area contributed by atoms with E-state index in [0.29, 0.717) is 5.69 Å². The van der Waals surface area contributed by atoms with E-state index < -0.39 is 5.60 Å². The highest BCUT2D eigenvalue weighted by atomic mass is 16.5. The maximum Gasteiger partial charge on any atom is 0.187 e. The Balaban J connectivity index is 1.53. The molecule has 2 aliphatic rings. The molecule has 5 aromatic rings. The van der Waals surface area contributed by atoms with Crippen LogP contribution in [-0.4, -0.2) is 7.11 Å². The molecule has 0 spiro atoms. The molecule has 1 atom stereocenters. The number of hydrogen-bond donors (Lipinski definition) is 0. The number of rotatable bonds is 5. The van der Waals surface area contributed by atoms with Crippen molar-refractivity contribution in [1.82, 2.24) is 0 Å². The van der Waals surface area contributed by atoms with Crippen molar-refractivity contribution in [2.75, 3.05) is 7.11 Å². The smallest absolute Gasteiger partial charge is 0.187 e. The SMILES string of the molecule is [C-]#[N+]c1ccc2c(c1)C(CC)(CC)c1c3c(c4ccccc4c1-2)OC(c1ccc(OC)cc1)(c1ccc(C(C)(C)C)cc1)C=C3. The molecule has 1 heterocycles. The van der Waals surface area contributed by atoms with Crippen molar-refractivity contribution in [3.63, 3.8) is 0 Å². The first kappa shape index (κ1) is 28.9. The topological polar surface area (TPSA) is 22.8 Å². The van der Waals surface area contributed by atoms with Gasteiger partial charge < -0.3 is 9.47 Å². The average molecular weight is 590 g/mol. The average Bonchev–Trinajstić information content (AvgIpc) is 3.38. The van der Waals surface area contributed by atoms with E-state index in [9.17, 15) is 0 Å². The third-order valence-electron chi connectivity index (χ3n) is 10.3. The zero-order valence-electron chi connectivity index (χ0n) is 27.0. The molecule has 0 radical (unpaired) electrons. The first-order chi connectivity index (χ1) is 21.7. The largest absolute Gasteiger partial charge is 0.497 e. The minimum Gasteiger partial charge on any atom is -0.497 e. The molecule has 0 saturated heterocycles. The van der Waals surface area contributed by atoms with Gasteiger partial charge in [0.2, 0.25) is 0 Å². The van der Waals surface area contributed by atoms with E-state index in [1.165, 1.54) is 33.2 Å². The molecule has 45 heavy (non-hydrogen) atoms. The molecule has 0 N–H and O–H groups in total. The second-order valence-electron chi connectivity index (χ2n) is 13.4. The lowest BCUT2D eigenvalue weighted by Crippen LogP contribution is -2.35. The van der Waals surface area contributed by atoms with Gasteiger partial charge >= 0.3 is 0 Å². The zero-order valence-corrected chi connectivity index (χ0v) is 27.0. The molecule has 1 unspecified atom stereocenters. The lowest BCUT2D eigenvalue weighted by Gasteiger charge is -2.39. The molecule has 1 aliphatic carbocycles. The van der Waals surface area contributed by atoms with Crippen molar-refractivity contribution in [1.29, 1.82) is 0 Å². The summed E-state index contributed by atoms with van der Waals surface area (Å²) < 4.78 is 13.0. The number of hydrogen-bond acceptors (Lipinski definition) is 2. The normalized spacial score (nSPS) is 17.6. The van der Waals surface area contributed by atoms with E-state index >= 15 is 0 Å². The Hall–Kier alpha value is -4.81. The van der Waals surface area contributed by atoms with Crippen molar-refractivity contribution in [2.24, 2.45) is 0 Å². The number of methoxy groups -OCH3 is 1. The van der Waals surface area contributed by atoms with Crippen LogP contribution in [0.15, 0.2) is 97.1 Å². The quantitative estimate of drug-likeness (QED) is 0.190. The van der Waals surface area contributed by atoms with Crippen molar-refractivity contribution in [3.8, 4) is 22.6 Å². The second-order valence-corrected chi connectivity index (χ2v) is 13.4. The molecule has 0 saturated carbocycles. The summed E-state index contributed by atoms with van der Waals surface area (Å²) in [5.41, 5.74) is 9.31. The fraction of sp³-hybridized carbons (Fsp3) is 0.262. The Bertz CT molecular complexity index is 2020. The van der Waals surface area contributed by atoms with Gasteiger partial charge in [0, 0.05) is 27.5 Å². The van der Waals surface area contributed by atoms with E-state index in [-0.39, 0.29) is 10.8 Å². The summed E-state index contributed by atoms with van der Waals surface area (Å²) in [5.74, 6) is 1.72. The lowest BCUT2D eigenvalue weighted by molar-refractivity contribution is 0.163. The summed E-state index contributed by atoms with van der Waals surface area (Å²) in [5, 5.41) is 2.29. The molecular weight excluding hydrogens is 550 g/mol. The van der Waals surface area contributed by atoms with Crippen LogP contribution in [0.1, 0.15) is 80.8 Å². The monoisotopic (exact) mass is 589 g/mol. The first-order valence-electron chi connectivity index (χ1n) is 16.0. The molecule has 1 aliphatic heterocycles. The van der Waals surface area contributed by atoms with E-state index in [1.807, 2.05) is 18.2 Å². The molecule has 0 fully saturated rings. The van der Waals surface area contributed by atoms with E-state index in [4.69, 9.17) is 16.0 Å². The molecular formula is C42H39NO2. The van der Waals surface area contributed by atoms with E-state index in [2.05, 4.69) is 124 Å². The van der Waals surface area contributed by atoms with Crippen LogP contribution in [0.3, 0.4) is 0 Å². The third kappa shape index (κ3) is 4.16. The molecule has 3 nitrogen and oxygen atoms in total. The van der Waals surface area contributed by atoms with Gasteiger partial charge in [-0.15, -0.1) is 0 Å². The van der Waals surface area contributed by atoms with Crippen molar-refractivity contribution >= 4 is 22.5 Å². The fourth-order valence-corrected chi connectivity index (χ4v) is 7.74. The minimum absolute atomic E-state index is 0.0458. The van der Waals surface area contributed by atoms with Gasteiger partial charge in [-0.3, -0.25) is 0 Å². The number of nitrogens with zero attached hydrogens (tertiary/aromatic N) is 1. The maximum atomic E-state index is 7.76. The Morgan fingerprint density at radius 2 is 1.47 bits per heavy atom. The van der Waals surface area contributed by atoms with Crippen LogP contribution >= 0.6 is 0 Å². The summed E-state index contributed by atoms with van der Waals surface area (Å²) in [7, 11) is 1.70. The van der Waals surface area contributed by atoms with Crippen LogP contribution in [0, 0.1) is 6.57 Å². The molecule has 0 bridgehead atoms. The third-order valence-corrected chi connectivity index (χ3v) is 10.3. The summed E-state index contributed by atoms with van der Waals surface area (Å²) in [6, 6.07) is 32.1. The second kappa shape index (κ2) is 10.4. The molecule has 0 aromatic heterocycles. The predicted octanol–water partition coefficient (Wildman–Crippen LogP) is 11.1. The van der Waals surface area contributed by atoms with Gasteiger partial charge in [0.15, 0.2) is 11.3 Å². The number of benzene rings is 5. The first-order valence-corrected chi connectivity index (χ1v) is 16.0. The number of ether oxygens (including phenoxy) is 2. The summed E-state index contributed by atoms with van der Waals surface area (Å²) in [6.07, 6.45) is 6.43. The lowest BCUT2D eigenvalue weighted by atomic mass is 9.71. The van der Waals surface area contributed by atoms with Gasteiger partial charge in [-0.2, -0.15) is 0 Å². The Morgan fingerprint density at radius 1 is 0.822 bits per heavy atom. The van der Waals surface area contributed by atoms with Crippen LogP contribution in [0.5, 0.6) is 11.5 Å². The predicted molar refractivity (Wildman–Crippen MR) is 186 cm³/mol. The summed E-state index contributed by atoms with van der Waals surface area (Å²) in [6.45, 7) is 19.0. The Labute approximate surface area is 267 Å². The van der Waals surface area contributed by atoms with E-state index in [0.717, 1.165) is 46.4 Å². The highest BCUT2D eigenvalue weighted by Gasteiger charge is 2.46. The Kier molecular flexibility index (Phi) is 6.68. The summed E-state index contributed by atoms with van der Waals surface area (Å²) >= 11 is 0. The molecule has 224 valence electrons. The van der Waals surface area contributed by atoms with Gasteiger partial charge in [-0.05, 0) is 69.7 Å². The van der Waals surface area contributed by atoms with Crippen molar-refractivity contribution in [2.45, 2.75) is 63.9 Å². The van der Waals surface area contributed by atoms with Gasteiger partial charge in [0.25, 0.3) is 0 Å². The molecule has 3 heteroatoms. The van der Waals surface area contributed by atoms with Crippen molar-refractivity contribution < 1.29 is 9.47 Å². The van der Waals surface area contributed by atoms with E-state index in [1.54, 1.807) is 7.11 Å². The van der Waals surface area contributed by atoms with Crippen LogP contribution < -0.4 is 9.47 Å². The standard InChI is InChI=1S/C42H39NO2/c1-8-41(9-2)36-26-30(43-6)20-23-34(36)37-32-12-10-11-13-33(32)39-35(38(37)41)24-25-42(45-39,29-18-21-31(44-7)22-19-29)28-16-14-27(15-17-28)40(3,4)5/h10-26H,8-9H2,1-5,7H3. The fourth-order valence-electron chi connectivity index (χ4n) is 7.74. The highest BCUT2D eigenvalue weighted by molar-refractivity contribution is 6.08. The molecule has 7 rings (SSSR count). The van der Waals surface area contributed by atoms with Gasteiger partial charge in [0.05, 0.1) is 13.7 Å². The van der Waals surface area contributed by atoms with Gasteiger partial charge in [-0.25, -0.2) is 4.85 Å². The molecule has 5 aromatic carbocycles. The van der Waals surface area contributed by atoms with Gasteiger partial charge in [-0.1, -0.05) is 120 Å². The summed E-state index contributed by atoms with van der Waals surface area (Å²) in [4.78, 5) is 3.82. The maximum absolute atomic E-state index is 7.76. The number of fused-ring (bicyclic) bond motifs is 8. The van der Waals surface area contributed by atoms with Crippen LogP contribution in [0.2, 0.25) is 0 Å². The molecule has 0 amide bonds. The van der Waals surface area contributed by atoms with Crippen LogP contribution in [-0.2, 0) is 16.4 Å². The van der Waals surface area contributed by atoms with Crippen LogP contribution in [0.25, 0.3) is 32.8 Å². The Morgan fingerprint density at radius 3 is 2.07 bits per heavy atom. The highest BCUT2D eigenvalue weighted by Crippen LogP contribution is 2.60. The zero-order chi connectivity index (χ0) is 31.6. The van der Waals surface area contributed by atoms with Crippen molar-refractivity contribution in [3.05, 3.63) is 142 Å².